The molecule has 1 unspecified atom stereocenters. The molecule has 1 amide bonds. The lowest BCUT2D eigenvalue weighted by Gasteiger charge is -2.14. The normalized spacial score (nSPS) is 13.1. The lowest BCUT2D eigenvalue weighted by Crippen LogP contribution is -2.42. The molecule has 1 atom stereocenters. The van der Waals surface area contributed by atoms with Crippen molar-refractivity contribution in [2.24, 2.45) is 7.05 Å². The van der Waals surface area contributed by atoms with Crippen LogP contribution < -0.4 is 10.1 Å². The number of aromatic nitrogens is 3. The van der Waals surface area contributed by atoms with Gasteiger partial charge in [-0.15, -0.1) is 5.10 Å². The standard InChI is InChI=1S/C14H17F3N4O3/c1-7-4-8(2)19-12-11(7)13(20-21(12)3)24-6-10(23)18-5-9(22)14(15,16)17/h4,9,22H,5-6H2,1-3H3,(H,18,23). The van der Waals surface area contributed by atoms with E-state index in [1.807, 2.05) is 25.2 Å². The van der Waals surface area contributed by atoms with E-state index in [0.717, 1.165) is 11.3 Å². The number of fused-ring (bicyclic) bond motifs is 1. The SMILES string of the molecule is Cc1cc(C)c2c(OCC(=O)NCC(O)C(F)(F)F)nn(C)c2n1. The van der Waals surface area contributed by atoms with Gasteiger partial charge in [0.25, 0.3) is 5.91 Å². The molecule has 0 fully saturated rings. The number of alkyl halides is 3. The number of carbonyl (C=O) groups is 1. The van der Waals surface area contributed by atoms with E-state index in [2.05, 4.69) is 10.1 Å². The van der Waals surface area contributed by atoms with Gasteiger partial charge in [-0.05, 0) is 25.5 Å². The molecule has 0 aliphatic carbocycles. The fraction of sp³-hybridized carbons (Fsp3) is 0.500. The monoisotopic (exact) mass is 346 g/mol. The molecule has 0 spiro atoms. The Balaban J connectivity index is 2.02. The second kappa shape index (κ2) is 6.63. The van der Waals surface area contributed by atoms with Gasteiger partial charge in [-0.2, -0.15) is 13.2 Å². The maximum absolute atomic E-state index is 12.2. The van der Waals surface area contributed by atoms with Crippen molar-refractivity contribution >= 4 is 16.9 Å². The minimum Gasteiger partial charge on any atom is -0.466 e. The minimum atomic E-state index is -4.79. The van der Waals surface area contributed by atoms with Gasteiger partial charge in [0, 0.05) is 12.7 Å². The predicted molar refractivity (Wildman–Crippen MR) is 78.5 cm³/mol. The van der Waals surface area contributed by atoms with Gasteiger partial charge in [0.1, 0.15) is 0 Å². The van der Waals surface area contributed by atoms with Crippen LogP contribution in [0.1, 0.15) is 11.3 Å². The Morgan fingerprint density at radius 2 is 2.12 bits per heavy atom. The largest absolute Gasteiger partial charge is 0.466 e. The van der Waals surface area contributed by atoms with Gasteiger partial charge >= 0.3 is 6.18 Å². The van der Waals surface area contributed by atoms with E-state index >= 15 is 0 Å². The number of hydrogen-bond donors (Lipinski definition) is 2. The van der Waals surface area contributed by atoms with Crippen LogP contribution in [-0.2, 0) is 11.8 Å². The summed E-state index contributed by atoms with van der Waals surface area (Å²) in [4.78, 5) is 15.9. The lowest BCUT2D eigenvalue weighted by atomic mass is 10.2. The Morgan fingerprint density at radius 3 is 2.75 bits per heavy atom. The number of halogens is 3. The number of aliphatic hydroxyl groups is 1. The Bertz CT molecular complexity index is 758. The van der Waals surface area contributed by atoms with Crippen LogP contribution >= 0.6 is 0 Å². The van der Waals surface area contributed by atoms with Crippen LogP contribution in [-0.4, -0.2) is 51.2 Å². The smallest absolute Gasteiger partial charge is 0.416 e. The van der Waals surface area contributed by atoms with Crippen LogP contribution in [0.2, 0.25) is 0 Å². The number of nitrogens with one attached hydrogen (secondary N) is 1. The number of amides is 1. The van der Waals surface area contributed by atoms with Gasteiger partial charge in [-0.1, -0.05) is 0 Å². The molecule has 2 rings (SSSR count). The number of aryl methyl sites for hydroxylation is 3. The molecule has 0 saturated carbocycles. The predicted octanol–water partition coefficient (Wildman–Crippen LogP) is 1.00. The molecule has 2 N–H and O–H groups in total. The van der Waals surface area contributed by atoms with Crippen molar-refractivity contribution in [3.8, 4) is 5.88 Å². The highest BCUT2D eigenvalue weighted by Gasteiger charge is 2.38. The van der Waals surface area contributed by atoms with Crippen LogP contribution in [0.4, 0.5) is 13.2 Å². The zero-order valence-corrected chi connectivity index (χ0v) is 13.3. The summed E-state index contributed by atoms with van der Waals surface area (Å²) in [6.07, 6.45) is -7.40. The number of nitrogens with zero attached hydrogens (tertiary/aromatic N) is 3. The zero-order chi connectivity index (χ0) is 18.1. The molecular weight excluding hydrogens is 329 g/mol. The van der Waals surface area contributed by atoms with Gasteiger partial charge in [0.15, 0.2) is 18.4 Å². The van der Waals surface area contributed by atoms with E-state index in [4.69, 9.17) is 9.84 Å². The Kier molecular flexibility index (Phi) is 4.97. The second-order valence-electron chi connectivity index (χ2n) is 5.36. The highest BCUT2D eigenvalue weighted by Crippen LogP contribution is 2.27. The molecular formula is C14H17F3N4O3. The van der Waals surface area contributed by atoms with Crippen LogP contribution in [0.5, 0.6) is 5.88 Å². The lowest BCUT2D eigenvalue weighted by molar-refractivity contribution is -0.201. The topological polar surface area (TPSA) is 89.3 Å². The van der Waals surface area contributed by atoms with E-state index in [1.54, 1.807) is 7.05 Å². The van der Waals surface area contributed by atoms with Gasteiger partial charge < -0.3 is 15.2 Å². The van der Waals surface area contributed by atoms with E-state index in [1.165, 1.54) is 4.68 Å². The second-order valence-corrected chi connectivity index (χ2v) is 5.36. The third-order valence-electron chi connectivity index (χ3n) is 3.30. The number of carbonyl (C=O) groups excluding carboxylic acids is 1. The molecule has 0 aromatic carbocycles. The summed E-state index contributed by atoms with van der Waals surface area (Å²) in [5.41, 5.74) is 2.23. The van der Waals surface area contributed by atoms with Crippen LogP contribution in [0.3, 0.4) is 0 Å². The third-order valence-corrected chi connectivity index (χ3v) is 3.30. The van der Waals surface area contributed by atoms with Gasteiger partial charge in [0.2, 0.25) is 5.88 Å². The fourth-order valence-electron chi connectivity index (χ4n) is 2.16. The molecule has 2 aromatic heterocycles. The van der Waals surface area contributed by atoms with Gasteiger partial charge in [-0.3, -0.25) is 4.79 Å². The van der Waals surface area contributed by atoms with Crippen LogP contribution in [0.25, 0.3) is 11.0 Å². The number of hydrogen-bond acceptors (Lipinski definition) is 5. The highest BCUT2D eigenvalue weighted by molar-refractivity contribution is 5.85. The van der Waals surface area contributed by atoms with Crippen LogP contribution in [0.15, 0.2) is 6.07 Å². The van der Waals surface area contributed by atoms with Crippen molar-refractivity contribution in [3.05, 3.63) is 17.3 Å². The molecule has 0 aliphatic rings. The highest BCUT2D eigenvalue weighted by atomic mass is 19.4. The Labute approximate surface area is 135 Å². The van der Waals surface area contributed by atoms with Crippen molar-refractivity contribution in [1.29, 1.82) is 0 Å². The molecule has 132 valence electrons. The summed E-state index contributed by atoms with van der Waals surface area (Å²) in [7, 11) is 1.67. The first-order chi connectivity index (χ1) is 11.1. The molecule has 2 heterocycles. The van der Waals surface area contributed by atoms with Crippen molar-refractivity contribution < 1.29 is 27.8 Å². The average Bonchev–Trinajstić information content (AvgIpc) is 2.78. The summed E-state index contributed by atoms with van der Waals surface area (Å²) >= 11 is 0. The first-order valence-electron chi connectivity index (χ1n) is 7.05. The van der Waals surface area contributed by atoms with Crippen molar-refractivity contribution in [2.45, 2.75) is 26.1 Å². The van der Waals surface area contributed by atoms with E-state index in [0.29, 0.717) is 11.0 Å². The van der Waals surface area contributed by atoms with Gasteiger partial charge in [-0.25, -0.2) is 9.67 Å². The summed E-state index contributed by atoms with van der Waals surface area (Å²) in [5, 5.41) is 15.5. The van der Waals surface area contributed by atoms with E-state index in [9.17, 15) is 18.0 Å². The Morgan fingerprint density at radius 1 is 1.46 bits per heavy atom. The molecule has 10 heteroatoms. The zero-order valence-electron chi connectivity index (χ0n) is 13.3. The van der Waals surface area contributed by atoms with Crippen molar-refractivity contribution in [3.63, 3.8) is 0 Å². The number of pyridine rings is 1. The van der Waals surface area contributed by atoms with E-state index in [-0.39, 0.29) is 5.88 Å². The first-order valence-corrected chi connectivity index (χ1v) is 7.05. The fourth-order valence-corrected chi connectivity index (χ4v) is 2.16. The number of ether oxygens (including phenoxy) is 1. The van der Waals surface area contributed by atoms with Crippen molar-refractivity contribution in [2.75, 3.05) is 13.2 Å². The summed E-state index contributed by atoms with van der Waals surface area (Å²) in [6.45, 7) is 2.21. The third kappa shape index (κ3) is 3.94. The maximum atomic E-state index is 12.2. The maximum Gasteiger partial charge on any atom is 0.416 e. The molecule has 24 heavy (non-hydrogen) atoms. The molecule has 0 aliphatic heterocycles. The minimum absolute atomic E-state index is 0.170. The quantitative estimate of drug-likeness (QED) is 0.843. The molecule has 0 bridgehead atoms. The molecule has 7 nitrogen and oxygen atoms in total. The van der Waals surface area contributed by atoms with Gasteiger partial charge in [0.05, 0.1) is 11.9 Å². The molecule has 0 radical (unpaired) electrons. The molecule has 2 aromatic rings. The van der Waals surface area contributed by atoms with E-state index < -0.39 is 31.3 Å². The van der Waals surface area contributed by atoms with Crippen LogP contribution in [0, 0.1) is 13.8 Å². The molecule has 0 saturated heterocycles. The summed E-state index contributed by atoms with van der Waals surface area (Å²) < 4.78 is 43.2. The number of rotatable bonds is 5. The number of aliphatic hydroxyl groups excluding tert-OH is 1. The van der Waals surface area contributed by atoms with Crippen molar-refractivity contribution in [1.82, 2.24) is 20.1 Å². The first kappa shape index (κ1) is 18.0. The summed E-state index contributed by atoms with van der Waals surface area (Å²) in [6, 6.07) is 1.83. The summed E-state index contributed by atoms with van der Waals surface area (Å²) in [5.74, 6) is -0.626. The average molecular weight is 346 g/mol. The Hall–Kier alpha value is -2.36.